The first-order valence-electron chi connectivity index (χ1n) is 7.81. The molecule has 130 valence electrons. The Morgan fingerprint density at radius 2 is 2.00 bits per heavy atom. The summed E-state index contributed by atoms with van der Waals surface area (Å²) in [5.74, 6) is 1.64. The number of piperazine rings is 1. The maximum Gasteiger partial charge on any atom is 0.205 e. The Hall–Kier alpha value is -1.41. The number of hydrogen-bond acceptors (Lipinski definition) is 7. The average Bonchev–Trinajstić information content (AvgIpc) is 3.05. The summed E-state index contributed by atoms with van der Waals surface area (Å²) < 4.78 is 14.8. The van der Waals surface area contributed by atoms with E-state index < -0.39 is 0 Å². The van der Waals surface area contributed by atoms with Crippen molar-refractivity contribution in [3.63, 3.8) is 0 Å². The van der Waals surface area contributed by atoms with E-state index in [4.69, 9.17) is 21.1 Å². The fourth-order valence-corrected chi connectivity index (χ4v) is 3.69. The fourth-order valence-electron chi connectivity index (χ4n) is 2.77. The van der Waals surface area contributed by atoms with E-state index in [0.717, 1.165) is 60.0 Å². The van der Waals surface area contributed by atoms with Crippen LogP contribution in [-0.4, -0.2) is 54.7 Å². The van der Waals surface area contributed by atoms with Crippen LogP contribution in [0.1, 0.15) is 11.4 Å². The van der Waals surface area contributed by atoms with Crippen molar-refractivity contribution in [3.8, 4) is 5.75 Å². The summed E-state index contributed by atoms with van der Waals surface area (Å²) in [5.41, 5.74) is 1.12. The van der Waals surface area contributed by atoms with E-state index in [0.29, 0.717) is 6.61 Å². The first kappa shape index (κ1) is 17.4. The molecule has 1 saturated heterocycles. The molecule has 1 aliphatic rings. The highest BCUT2D eigenvalue weighted by atomic mass is 35.5. The molecule has 0 bridgehead atoms. The summed E-state index contributed by atoms with van der Waals surface area (Å²) in [7, 11) is 3.35. The van der Waals surface area contributed by atoms with Gasteiger partial charge in [-0.25, -0.2) is 4.98 Å². The molecule has 8 heteroatoms. The lowest BCUT2D eigenvalue weighted by atomic mass is 10.1. The SMILES string of the molecule is COCc1nsc(N2CCN(Cc3cc(Cl)ccc3OC)CC2)n1. The molecule has 0 radical (unpaired) electrons. The predicted octanol–water partition coefficient (Wildman–Crippen LogP) is 2.67. The summed E-state index contributed by atoms with van der Waals surface area (Å²) in [6.45, 7) is 5.10. The maximum absolute atomic E-state index is 6.12. The Kier molecular flexibility index (Phi) is 5.89. The van der Waals surface area contributed by atoms with Crippen molar-refractivity contribution >= 4 is 28.3 Å². The monoisotopic (exact) mass is 368 g/mol. The van der Waals surface area contributed by atoms with E-state index in [1.807, 2.05) is 18.2 Å². The van der Waals surface area contributed by atoms with E-state index in [1.54, 1.807) is 14.2 Å². The second kappa shape index (κ2) is 8.11. The van der Waals surface area contributed by atoms with Gasteiger partial charge in [0, 0.05) is 62.0 Å². The molecule has 1 aromatic heterocycles. The zero-order valence-electron chi connectivity index (χ0n) is 13.9. The van der Waals surface area contributed by atoms with Crippen LogP contribution in [0.4, 0.5) is 5.13 Å². The Morgan fingerprint density at radius 3 is 2.71 bits per heavy atom. The predicted molar refractivity (Wildman–Crippen MR) is 96.1 cm³/mol. The Labute approximate surface area is 151 Å². The second-order valence-electron chi connectivity index (χ2n) is 5.65. The zero-order valence-corrected chi connectivity index (χ0v) is 15.4. The summed E-state index contributed by atoms with van der Waals surface area (Å²) in [6.07, 6.45) is 0. The van der Waals surface area contributed by atoms with E-state index in [-0.39, 0.29) is 0 Å². The van der Waals surface area contributed by atoms with Crippen LogP contribution in [0.3, 0.4) is 0 Å². The van der Waals surface area contributed by atoms with Gasteiger partial charge in [0.2, 0.25) is 5.13 Å². The first-order valence-corrected chi connectivity index (χ1v) is 8.96. The summed E-state index contributed by atoms with van der Waals surface area (Å²) in [6, 6.07) is 5.76. The van der Waals surface area contributed by atoms with Crippen molar-refractivity contribution in [2.45, 2.75) is 13.2 Å². The van der Waals surface area contributed by atoms with Crippen LogP contribution in [0.2, 0.25) is 5.02 Å². The number of nitrogens with zero attached hydrogens (tertiary/aromatic N) is 4. The minimum atomic E-state index is 0.463. The molecular weight excluding hydrogens is 348 g/mol. The molecule has 2 aromatic rings. The quantitative estimate of drug-likeness (QED) is 0.781. The van der Waals surface area contributed by atoms with Gasteiger partial charge < -0.3 is 14.4 Å². The number of methoxy groups -OCH3 is 2. The zero-order chi connectivity index (χ0) is 16.9. The van der Waals surface area contributed by atoms with Crippen molar-refractivity contribution < 1.29 is 9.47 Å². The lowest BCUT2D eigenvalue weighted by molar-refractivity contribution is 0.179. The lowest BCUT2D eigenvalue weighted by Gasteiger charge is -2.34. The molecule has 0 N–H and O–H groups in total. The normalized spacial score (nSPS) is 15.7. The van der Waals surface area contributed by atoms with Crippen LogP contribution in [0.5, 0.6) is 5.75 Å². The van der Waals surface area contributed by atoms with Crippen LogP contribution in [0.25, 0.3) is 0 Å². The van der Waals surface area contributed by atoms with Crippen LogP contribution in [-0.2, 0) is 17.9 Å². The van der Waals surface area contributed by atoms with Gasteiger partial charge in [0.1, 0.15) is 12.4 Å². The molecule has 0 unspecified atom stereocenters. The van der Waals surface area contributed by atoms with Gasteiger partial charge >= 0.3 is 0 Å². The largest absolute Gasteiger partial charge is 0.496 e. The molecule has 24 heavy (non-hydrogen) atoms. The van der Waals surface area contributed by atoms with Gasteiger partial charge in [-0.2, -0.15) is 4.37 Å². The molecule has 6 nitrogen and oxygen atoms in total. The maximum atomic E-state index is 6.12. The van der Waals surface area contributed by atoms with Crippen molar-refractivity contribution in [1.82, 2.24) is 14.3 Å². The van der Waals surface area contributed by atoms with Gasteiger partial charge in [0.05, 0.1) is 7.11 Å². The van der Waals surface area contributed by atoms with E-state index >= 15 is 0 Å². The van der Waals surface area contributed by atoms with E-state index in [2.05, 4.69) is 19.2 Å². The topological polar surface area (TPSA) is 50.7 Å². The van der Waals surface area contributed by atoms with E-state index in [1.165, 1.54) is 11.5 Å². The molecular formula is C16H21ClN4O2S. The number of hydrogen-bond donors (Lipinski definition) is 0. The third-order valence-electron chi connectivity index (χ3n) is 4.01. The minimum Gasteiger partial charge on any atom is -0.496 e. The van der Waals surface area contributed by atoms with E-state index in [9.17, 15) is 0 Å². The van der Waals surface area contributed by atoms with Crippen molar-refractivity contribution in [2.24, 2.45) is 0 Å². The van der Waals surface area contributed by atoms with Crippen LogP contribution in [0, 0.1) is 0 Å². The van der Waals surface area contributed by atoms with Gasteiger partial charge in [0.25, 0.3) is 0 Å². The highest BCUT2D eigenvalue weighted by Gasteiger charge is 2.21. The Morgan fingerprint density at radius 1 is 1.21 bits per heavy atom. The highest BCUT2D eigenvalue weighted by Crippen LogP contribution is 2.25. The van der Waals surface area contributed by atoms with Crippen molar-refractivity contribution in [2.75, 3.05) is 45.3 Å². The minimum absolute atomic E-state index is 0.463. The second-order valence-corrected chi connectivity index (χ2v) is 6.81. The lowest BCUT2D eigenvalue weighted by Crippen LogP contribution is -2.46. The highest BCUT2D eigenvalue weighted by molar-refractivity contribution is 7.09. The summed E-state index contributed by atoms with van der Waals surface area (Å²) in [4.78, 5) is 9.21. The fraction of sp³-hybridized carbons (Fsp3) is 0.500. The van der Waals surface area contributed by atoms with Gasteiger partial charge in [0.15, 0.2) is 5.82 Å². The molecule has 1 aliphatic heterocycles. The average molecular weight is 369 g/mol. The number of anilines is 1. The molecule has 2 heterocycles. The van der Waals surface area contributed by atoms with Crippen molar-refractivity contribution in [3.05, 3.63) is 34.6 Å². The molecule has 0 atom stereocenters. The Bertz CT molecular complexity index is 674. The molecule has 1 fully saturated rings. The first-order chi connectivity index (χ1) is 11.7. The summed E-state index contributed by atoms with van der Waals surface area (Å²) >= 11 is 7.55. The Balaban J connectivity index is 1.58. The van der Waals surface area contributed by atoms with Gasteiger partial charge in [-0.3, -0.25) is 4.90 Å². The third-order valence-corrected chi connectivity index (χ3v) is 5.06. The standard InChI is InChI=1S/C16H21ClN4O2S/c1-22-11-15-18-16(24-19-15)21-7-5-20(6-8-21)10-12-9-13(17)3-4-14(12)23-2/h3-4,9H,5-8,10-11H2,1-2H3. The van der Waals surface area contributed by atoms with Gasteiger partial charge in [-0.1, -0.05) is 11.6 Å². The van der Waals surface area contributed by atoms with Crippen LogP contribution >= 0.6 is 23.1 Å². The number of benzene rings is 1. The van der Waals surface area contributed by atoms with Crippen LogP contribution in [0.15, 0.2) is 18.2 Å². The van der Waals surface area contributed by atoms with Crippen LogP contribution < -0.4 is 9.64 Å². The smallest absolute Gasteiger partial charge is 0.205 e. The molecule has 1 aromatic carbocycles. The third kappa shape index (κ3) is 4.16. The van der Waals surface area contributed by atoms with Gasteiger partial charge in [-0.05, 0) is 18.2 Å². The number of rotatable bonds is 6. The van der Waals surface area contributed by atoms with Crippen molar-refractivity contribution in [1.29, 1.82) is 0 Å². The number of halogens is 1. The molecule has 3 rings (SSSR count). The summed E-state index contributed by atoms with van der Waals surface area (Å²) in [5, 5.41) is 1.71. The molecule has 0 saturated carbocycles. The molecule has 0 aliphatic carbocycles. The number of aromatic nitrogens is 2. The molecule has 0 spiro atoms. The van der Waals surface area contributed by atoms with Gasteiger partial charge in [-0.15, -0.1) is 0 Å². The molecule has 0 amide bonds. The number of ether oxygens (including phenoxy) is 2.